The molecule has 2 aromatic rings. The Bertz CT molecular complexity index is 1330. The van der Waals surface area contributed by atoms with Crippen molar-refractivity contribution in [3.63, 3.8) is 0 Å². The standard InChI is InChI=1S/C25H18O7/c1-11-7-12-5-6-25(32-2)21(14(12)8-13(11)24(30)31)22(28)17-9-15-16(10-18(17)23(25)29)20(27)4-3-19(15)26/h3-4,7-10,21H,5-6H2,1-2H3,(H,30,31). The fourth-order valence-corrected chi connectivity index (χ4v) is 5.24. The van der Waals surface area contributed by atoms with Crippen LogP contribution in [0.1, 0.15) is 80.8 Å². The number of hydrogen-bond donors (Lipinski definition) is 1. The molecule has 2 atom stereocenters. The SMILES string of the molecule is COC12CCc3cc(C)c(C(=O)O)cc3C1C(=O)c1cc3c(cc1C2=O)C(=O)C=CC3=O. The maximum absolute atomic E-state index is 13.8. The minimum absolute atomic E-state index is 0.0492. The zero-order valence-electron chi connectivity index (χ0n) is 17.4. The third-order valence-corrected chi connectivity index (χ3v) is 6.86. The summed E-state index contributed by atoms with van der Waals surface area (Å²) in [7, 11) is 1.36. The van der Waals surface area contributed by atoms with E-state index in [4.69, 9.17) is 4.74 Å². The Hall–Kier alpha value is -3.71. The van der Waals surface area contributed by atoms with E-state index >= 15 is 0 Å². The van der Waals surface area contributed by atoms with Crippen molar-refractivity contribution in [1.82, 2.24) is 0 Å². The zero-order chi connectivity index (χ0) is 22.9. The predicted octanol–water partition coefficient (Wildman–Crippen LogP) is 3.12. The predicted molar refractivity (Wildman–Crippen MR) is 112 cm³/mol. The van der Waals surface area contributed by atoms with Gasteiger partial charge in [0.2, 0.25) is 0 Å². The molecule has 0 aliphatic heterocycles. The number of methoxy groups -OCH3 is 1. The summed E-state index contributed by atoms with van der Waals surface area (Å²) >= 11 is 0. The van der Waals surface area contributed by atoms with E-state index in [-0.39, 0.29) is 34.2 Å². The number of aromatic carboxylic acids is 1. The summed E-state index contributed by atoms with van der Waals surface area (Å²) in [6.45, 7) is 1.69. The molecule has 160 valence electrons. The Balaban J connectivity index is 1.78. The van der Waals surface area contributed by atoms with Crippen molar-refractivity contribution < 1.29 is 33.8 Å². The monoisotopic (exact) mass is 430 g/mol. The second kappa shape index (κ2) is 6.64. The largest absolute Gasteiger partial charge is 0.478 e. The Morgan fingerprint density at radius 1 is 0.969 bits per heavy atom. The lowest BCUT2D eigenvalue weighted by molar-refractivity contribution is -0.0220. The van der Waals surface area contributed by atoms with Crippen LogP contribution in [0.2, 0.25) is 0 Å². The summed E-state index contributed by atoms with van der Waals surface area (Å²) in [5, 5.41) is 9.59. The van der Waals surface area contributed by atoms with Gasteiger partial charge in [-0.15, -0.1) is 0 Å². The van der Waals surface area contributed by atoms with Crippen LogP contribution >= 0.6 is 0 Å². The van der Waals surface area contributed by atoms with Gasteiger partial charge in [0.25, 0.3) is 0 Å². The fraction of sp³-hybridized carbons (Fsp3) is 0.240. The lowest BCUT2D eigenvalue weighted by atomic mass is 9.61. The number of allylic oxidation sites excluding steroid dienone is 2. The molecule has 0 heterocycles. The summed E-state index contributed by atoms with van der Waals surface area (Å²) in [6, 6.07) is 5.83. The number of benzene rings is 2. The van der Waals surface area contributed by atoms with Crippen molar-refractivity contribution in [3.05, 3.63) is 80.9 Å². The molecule has 0 radical (unpaired) electrons. The number of carboxylic acids is 1. The Morgan fingerprint density at radius 2 is 1.59 bits per heavy atom. The molecule has 1 N–H and O–H groups in total. The van der Waals surface area contributed by atoms with Gasteiger partial charge in [0.15, 0.2) is 23.1 Å². The summed E-state index contributed by atoms with van der Waals surface area (Å²) < 4.78 is 5.72. The van der Waals surface area contributed by atoms with Gasteiger partial charge in [0, 0.05) is 29.4 Å². The van der Waals surface area contributed by atoms with Gasteiger partial charge in [-0.1, -0.05) is 6.07 Å². The highest BCUT2D eigenvalue weighted by Gasteiger charge is 2.57. The average Bonchev–Trinajstić information content (AvgIpc) is 2.78. The van der Waals surface area contributed by atoms with E-state index < -0.39 is 40.6 Å². The molecule has 32 heavy (non-hydrogen) atoms. The van der Waals surface area contributed by atoms with E-state index in [2.05, 4.69) is 0 Å². The maximum atomic E-state index is 13.8. The van der Waals surface area contributed by atoms with Gasteiger partial charge < -0.3 is 9.84 Å². The molecule has 0 spiro atoms. The molecule has 0 amide bonds. The first-order chi connectivity index (χ1) is 15.2. The molecule has 7 nitrogen and oxygen atoms in total. The third-order valence-electron chi connectivity index (χ3n) is 6.86. The van der Waals surface area contributed by atoms with E-state index in [1.165, 1.54) is 25.3 Å². The van der Waals surface area contributed by atoms with Crippen LogP contribution in [0.25, 0.3) is 0 Å². The topological polar surface area (TPSA) is 115 Å². The summed E-state index contributed by atoms with van der Waals surface area (Å²) in [5.41, 5.74) is 0.626. The van der Waals surface area contributed by atoms with Crippen LogP contribution in [0.3, 0.4) is 0 Å². The first-order valence-electron chi connectivity index (χ1n) is 10.1. The van der Waals surface area contributed by atoms with Gasteiger partial charge in [-0.25, -0.2) is 4.79 Å². The smallest absolute Gasteiger partial charge is 0.335 e. The van der Waals surface area contributed by atoms with Gasteiger partial charge in [-0.05, 0) is 66.8 Å². The Morgan fingerprint density at radius 3 is 2.19 bits per heavy atom. The van der Waals surface area contributed by atoms with Crippen LogP contribution in [0.5, 0.6) is 0 Å². The molecular weight excluding hydrogens is 412 g/mol. The molecule has 7 heteroatoms. The number of ketones is 4. The highest BCUT2D eigenvalue weighted by Crippen LogP contribution is 2.49. The number of aryl methyl sites for hydroxylation is 2. The molecule has 3 aliphatic carbocycles. The molecule has 0 saturated heterocycles. The molecule has 0 saturated carbocycles. The van der Waals surface area contributed by atoms with Gasteiger partial charge in [0.1, 0.15) is 5.60 Å². The minimum atomic E-state index is -1.51. The number of carbonyl (C=O) groups excluding carboxylic acids is 4. The van der Waals surface area contributed by atoms with E-state index in [9.17, 15) is 29.1 Å². The Labute approximate surface area is 182 Å². The van der Waals surface area contributed by atoms with Crippen molar-refractivity contribution in [2.24, 2.45) is 0 Å². The normalized spacial score (nSPS) is 23.4. The molecule has 2 unspecified atom stereocenters. The number of carbonyl (C=O) groups is 5. The van der Waals surface area contributed by atoms with Crippen molar-refractivity contribution in [2.75, 3.05) is 7.11 Å². The fourth-order valence-electron chi connectivity index (χ4n) is 5.24. The number of hydrogen-bond acceptors (Lipinski definition) is 6. The average molecular weight is 430 g/mol. The highest BCUT2D eigenvalue weighted by atomic mass is 16.5. The van der Waals surface area contributed by atoms with E-state index in [1.54, 1.807) is 13.0 Å². The molecule has 0 fully saturated rings. The van der Waals surface area contributed by atoms with Gasteiger partial charge in [-0.2, -0.15) is 0 Å². The van der Waals surface area contributed by atoms with Crippen LogP contribution in [-0.4, -0.2) is 46.9 Å². The first kappa shape index (κ1) is 20.2. The summed E-state index contributed by atoms with van der Waals surface area (Å²) in [5.74, 6) is -3.87. The van der Waals surface area contributed by atoms with Crippen LogP contribution in [-0.2, 0) is 11.2 Å². The zero-order valence-corrected chi connectivity index (χ0v) is 17.4. The van der Waals surface area contributed by atoms with E-state index in [0.29, 0.717) is 17.5 Å². The Kier molecular flexibility index (Phi) is 4.19. The van der Waals surface area contributed by atoms with Crippen LogP contribution in [0, 0.1) is 6.92 Å². The van der Waals surface area contributed by atoms with Gasteiger partial charge in [-0.3, -0.25) is 19.2 Å². The van der Waals surface area contributed by atoms with Crippen LogP contribution in [0.15, 0.2) is 36.4 Å². The number of rotatable bonds is 2. The number of Topliss-reactive ketones (excluding diaryl/α,β-unsaturated/α-hetero) is 2. The van der Waals surface area contributed by atoms with Crippen molar-refractivity contribution >= 4 is 29.1 Å². The second-order valence-corrected chi connectivity index (χ2v) is 8.40. The van der Waals surface area contributed by atoms with Crippen molar-refractivity contribution in [1.29, 1.82) is 0 Å². The second-order valence-electron chi connectivity index (χ2n) is 8.40. The molecule has 2 aromatic carbocycles. The molecule has 5 rings (SSSR count). The van der Waals surface area contributed by atoms with Crippen molar-refractivity contribution in [3.8, 4) is 0 Å². The highest BCUT2D eigenvalue weighted by molar-refractivity contribution is 6.27. The number of carboxylic acid groups (broad SMARTS) is 1. The number of ether oxygens (including phenoxy) is 1. The number of fused-ring (bicyclic) bond motifs is 5. The first-order valence-corrected chi connectivity index (χ1v) is 10.1. The van der Waals surface area contributed by atoms with Crippen LogP contribution in [0.4, 0.5) is 0 Å². The van der Waals surface area contributed by atoms with E-state index in [1.807, 2.05) is 0 Å². The minimum Gasteiger partial charge on any atom is -0.478 e. The molecule has 3 aliphatic rings. The quantitative estimate of drug-likeness (QED) is 0.778. The lowest BCUT2D eigenvalue weighted by Gasteiger charge is -2.45. The summed E-state index contributed by atoms with van der Waals surface area (Å²) in [4.78, 5) is 63.9. The lowest BCUT2D eigenvalue weighted by Crippen LogP contribution is -2.55. The summed E-state index contributed by atoms with van der Waals surface area (Å²) in [6.07, 6.45) is 2.96. The molecular formula is C25H18O7. The molecule has 0 bridgehead atoms. The van der Waals surface area contributed by atoms with Crippen LogP contribution < -0.4 is 0 Å². The molecule has 0 aromatic heterocycles. The van der Waals surface area contributed by atoms with Gasteiger partial charge >= 0.3 is 5.97 Å². The van der Waals surface area contributed by atoms with Gasteiger partial charge in [0.05, 0.1) is 11.5 Å². The maximum Gasteiger partial charge on any atom is 0.335 e. The third kappa shape index (κ3) is 2.48. The van der Waals surface area contributed by atoms with Crippen molar-refractivity contribution in [2.45, 2.75) is 31.3 Å². The van der Waals surface area contributed by atoms with E-state index in [0.717, 1.165) is 17.7 Å².